The molecule has 0 aromatic carbocycles. The van der Waals surface area contributed by atoms with Crippen LogP contribution in [0.25, 0.3) is 0 Å². The van der Waals surface area contributed by atoms with Gasteiger partial charge < -0.3 is 10.4 Å². The normalized spacial score (nSPS) is 17.2. The first-order valence-electron chi connectivity index (χ1n) is 5.43. The summed E-state index contributed by atoms with van der Waals surface area (Å²) in [7, 11) is -3.80. The Morgan fingerprint density at radius 2 is 2.21 bits per heavy atom. The van der Waals surface area contributed by atoms with Crippen molar-refractivity contribution in [1.29, 1.82) is 0 Å². The van der Waals surface area contributed by atoms with Crippen molar-refractivity contribution in [2.45, 2.75) is 11.1 Å². The summed E-state index contributed by atoms with van der Waals surface area (Å²) >= 11 is 0.709. The predicted molar refractivity (Wildman–Crippen MR) is 67.8 cm³/mol. The number of sulfonamides is 1. The topological polar surface area (TPSA) is 104 Å². The van der Waals surface area contributed by atoms with Gasteiger partial charge in [0.25, 0.3) is 10.0 Å². The Hall–Kier alpha value is -1.45. The Kier molecular flexibility index (Phi) is 3.61. The molecule has 1 aliphatic rings. The molecule has 1 saturated heterocycles. The molecule has 9 heteroatoms. The zero-order valence-corrected chi connectivity index (χ0v) is 11.7. The van der Waals surface area contributed by atoms with Crippen LogP contribution >= 0.6 is 11.3 Å². The van der Waals surface area contributed by atoms with Crippen LogP contribution in [0.5, 0.6) is 0 Å². The molecule has 2 rings (SSSR count). The minimum Gasteiger partial charge on any atom is -0.477 e. The van der Waals surface area contributed by atoms with Crippen LogP contribution in [0, 0.1) is 6.92 Å². The quantitative estimate of drug-likeness (QED) is 0.810. The second-order valence-corrected chi connectivity index (χ2v) is 7.29. The molecule has 2 N–H and O–H groups in total. The predicted octanol–water partition coefficient (Wildman–Crippen LogP) is -0.125. The van der Waals surface area contributed by atoms with E-state index in [9.17, 15) is 18.0 Å². The molecule has 1 amide bonds. The molecule has 104 valence electrons. The summed E-state index contributed by atoms with van der Waals surface area (Å²) in [6, 6.07) is 1.33. The lowest BCUT2D eigenvalue weighted by molar-refractivity contribution is -0.122. The summed E-state index contributed by atoms with van der Waals surface area (Å²) < 4.78 is 25.6. The molecule has 0 bridgehead atoms. The van der Waals surface area contributed by atoms with Gasteiger partial charge in [-0.25, -0.2) is 13.2 Å². The number of hydrogen-bond donors (Lipinski definition) is 2. The molecule has 0 radical (unpaired) electrons. The van der Waals surface area contributed by atoms with E-state index in [1.165, 1.54) is 6.07 Å². The fourth-order valence-electron chi connectivity index (χ4n) is 1.74. The Morgan fingerprint density at radius 1 is 1.53 bits per heavy atom. The number of carbonyl (C=O) groups excluding carboxylic acids is 1. The van der Waals surface area contributed by atoms with Gasteiger partial charge in [0.1, 0.15) is 9.09 Å². The first-order chi connectivity index (χ1) is 8.82. The average Bonchev–Trinajstić information content (AvgIpc) is 2.72. The van der Waals surface area contributed by atoms with Gasteiger partial charge in [0, 0.05) is 13.1 Å². The summed E-state index contributed by atoms with van der Waals surface area (Å²) in [5.74, 6) is -1.51. The van der Waals surface area contributed by atoms with E-state index >= 15 is 0 Å². The standard InChI is InChI=1S/C10H12N2O5S2/c1-6-4-8(18-9(6)10(14)15)19(16,17)12-3-2-11-7(13)5-12/h4H,2-3,5H2,1H3,(H,11,13)(H,14,15). The van der Waals surface area contributed by atoms with Gasteiger partial charge in [0.15, 0.2) is 0 Å². The number of nitrogens with zero attached hydrogens (tertiary/aromatic N) is 1. The average molecular weight is 304 g/mol. The molecule has 2 heterocycles. The van der Waals surface area contributed by atoms with Crippen molar-refractivity contribution in [3.05, 3.63) is 16.5 Å². The number of thiophene rings is 1. The van der Waals surface area contributed by atoms with E-state index in [0.29, 0.717) is 16.9 Å². The number of aryl methyl sites for hydroxylation is 1. The van der Waals surface area contributed by atoms with E-state index in [-0.39, 0.29) is 34.6 Å². The van der Waals surface area contributed by atoms with Crippen molar-refractivity contribution in [1.82, 2.24) is 9.62 Å². The molecular formula is C10H12N2O5S2. The molecule has 0 aliphatic carbocycles. The van der Waals surface area contributed by atoms with Crippen molar-refractivity contribution in [2.24, 2.45) is 0 Å². The molecule has 0 atom stereocenters. The number of amides is 1. The Labute approximate surface area is 113 Å². The minimum atomic E-state index is -3.80. The molecule has 7 nitrogen and oxygen atoms in total. The number of nitrogens with one attached hydrogen (secondary N) is 1. The maximum atomic E-state index is 12.3. The molecule has 19 heavy (non-hydrogen) atoms. The number of hydrogen-bond acceptors (Lipinski definition) is 5. The lowest BCUT2D eigenvalue weighted by atomic mass is 10.3. The van der Waals surface area contributed by atoms with Gasteiger partial charge in [0.2, 0.25) is 5.91 Å². The molecule has 0 saturated carbocycles. The number of carboxylic acid groups (broad SMARTS) is 1. The molecule has 1 aromatic heterocycles. The maximum Gasteiger partial charge on any atom is 0.346 e. The zero-order chi connectivity index (χ0) is 14.2. The van der Waals surface area contributed by atoms with Gasteiger partial charge in [-0.05, 0) is 18.6 Å². The second-order valence-electron chi connectivity index (χ2n) is 4.07. The highest BCUT2D eigenvalue weighted by Crippen LogP contribution is 2.28. The van der Waals surface area contributed by atoms with Gasteiger partial charge >= 0.3 is 5.97 Å². The zero-order valence-electron chi connectivity index (χ0n) is 10.0. The van der Waals surface area contributed by atoms with Crippen LogP contribution in [0.3, 0.4) is 0 Å². The molecular weight excluding hydrogens is 292 g/mol. The van der Waals surface area contributed by atoms with Crippen LogP contribution in [0.15, 0.2) is 10.3 Å². The molecule has 1 aliphatic heterocycles. The van der Waals surface area contributed by atoms with Crippen LogP contribution in [-0.2, 0) is 14.8 Å². The van der Waals surface area contributed by atoms with Crippen molar-refractivity contribution < 1.29 is 23.1 Å². The molecule has 1 aromatic rings. The summed E-state index contributed by atoms with van der Waals surface area (Å²) in [5.41, 5.74) is 0.400. The van der Waals surface area contributed by atoms with Gasteiger partial charge in [-0.1, -0.05) is 0 Å². The fraction of sp³-hybridized carbons (Fsp3) is 0.400. The third-order valence-electron chi connectivity index (χ3n) is 2.69. The van der Waals surface area contributed by atoms with Crippen molar-refractivity contribution in [2.75, 3.05) is 19.6 Å². The van der Waals surface area contributed by atoms with Gasteiger partial charge in [-0.15, -0.1) is 11.3 Å². The van der Waals surface area contributed by atoms with Crippen molar-refractivity contribution in [3.63, 3.8) is 0 Å². The second kappa shape index (κ2) is 4.91. The molecule has 1 fully saturated rings. The van der Waals surface area contributed by atoms with E-state index < -0.39 is 16.0 Å². The van der Waals surface area contributed by atoms with Gasteiger partial charge in [0.05, 0.1) is 6.54 Å². The molecule has 0 spiro atoms. The van der Waals surface area contributed by atoms with Crippen molar-refractivity contribution in [3.8, 4) is 0 Å². The maximum absolute atomic E-state index is 12.3. The first kappa shape index (κ1) is 14.0. The minimum absolute atomic E-state index is 0.0000333. The Morgan fingerprint density at radius 3 is 2.74 bits per heavy atom. The van der Waals surface area contributed by atoms with Gasteiger partial charge in [-0.2, -0.15) is 4.31 Å². The van der Waals surface area contributed by atoms with Crippen LogP contribution < -0.4 is 5.32 Å². The number of piperazine rings is 1. The number of carboxylic acids is 1. The van der Waals surface area contributed by atoms with Gasteiger partial charge in [-0.3, -0.25) is 4.79 Å². The van der Waals surface area contributed by atoms with E-state index in [1.807, 2.05) is 0 Å². The number of carbonyl (C=O) groups is 2. The van der Waals surface area contributed by atoms with E-state index in [4.69, 9.17) is 5.11 Å². The smallest absolute Gasteiger partial charge is 0.346 e. The van der Waals surface area contributed by atoms with Crippen LogP contribution in [0.1, 0.15) is 15.2 Å². The van der Waals surface area contributed by atoms with E-state index in [0.717, 1.165) is 4.31 Å². The summed E-state index contributed by atoms with van der Waals surface area (Å²) in [4.78, 5) is 22.2. The highest BCUT2D eigenvalue weighted by molar-refractivity contribution is 7.91. The largest absolute Gasteiger partial charge is 0.477 e. The van der Waals surface area contributed by atoms with Crippen LogP contribution in [-0.4, -0.2) is 49.3 Å². The van der Waals surface area contributed by atoms with Crippen LogP contribution in [0.2, 0.25) is 0 Å². The molecule has 0 unspecified atom stereocenters. The van der Waals surface area contributed by atoms with E-state index in [1.54, 1.807) is 6.92 Å². The van der Waals surface area contributed by atoms with Crippen LogP contribution in [0.4, 0.5) is 0 Å². The summed E-state index contributed by atoms with van der Waals surface area (Å²) in [6.45, 7) is 1.76. The van der Waals surface area contributed by atoms with E-state index in [2.05, 4.69) is 5.32 Å². The monoisotopic (exact) mass is 304 g/mol. The fourth-order valence-corrected chi connectivity index (χ4v) is 4.67. The lowest BCUT2D eigenvalue weighted by Gasteiger charge is -2.25. The SMILES string of the molecule is Cc1cc(S(=O)(=O)N2CCNC(=O)C2)sc1C(=O)O. The Bertz CT molecular complexity index is 634. The first-order valence-corrected chi connectivity index (χ1v) is 7.68. The number of rotatable bonds is 3. The van der Waals surface area contributed by atoms with Crippen molar-refractivity contribution >= 4 is 33.2 Å². The summed E-state index contributed by atoms with van der Waals surface area (Å²) in [5, 5.41) is 11.5. The lowest BCUT2D eigenvalue weighted by Crippen LogP contribution is -2.49. The summed E-state index contributed by atoms with van der Waals surface area (Å²) in [6.07, 6.45) is 0. The third kappa shape index (κ3) is 2.62. The Balaban J connectivity index is 2.36. The highest BCUT2D eigenvalue weighted by Gasteiger charge is 2.31. The number of aromatic carboxylic acids is 1. The highest BCUT2D eigenvalue weighted by atomic mass is 32.2. The third-order valence-corrected chi connectivity index (χ3v) is 6.21.